The van der Waals surface area contributed by atoms with Gasteiger partial charge in [-0.15, -0.1) is 10.2 Å². The number of anilines is 1. The summed E-state index contributed by atoms with van der Waals surface area (Å²) in [5, 5.41) is 22.1. The van der Waals surface area contributed by atoms with Gasteiger partial charge in [-0.05, 0) is 35.4 Å². The highest BCUT2D eigenvalue weighted by Crippen LogP contribution is 2.31. The van der Waals surface area contributed by atoms with Crippen LogP contribution >= 0.6 is 11.3 Å². The van der Waals surface area contributed by atoms with Crippen molar-refractivity contribution >= 4 is 16.5 Å². The predicted molar refractivity (Wildman–Crippen MR) is 94.0 cm³/mol. The van der Waals surface area contributed by atoms with Gasteiger partial charge in [0.25, 0.3) is 0 Å². The van der Waals surface area contributed by atoms with Crippen molar-refractivity contribution in [1.82, 2.24) is 10.2 Å². The Bertz CT molecular complexity index is 896. The molecule has 0 bridgehead atoms. The maximum Gasteiger partial charge on any atom is 0.416 e. The number of aliphatic hydroxyl groups excluding tert-OH is 1. The first-order valence-electron chi connectivity index (χ1n) is 7.97. The van der Waals surface area contributed by atoms with Crippen LogP contribution < -0.4 is 5.32 Å². The van der Waals surface area contributed by atoms with Gasteiger partial charge in [0.2, 0.25) is 5.13 Å². The Labute approximate surface area is 156 Å². The van der Waals surface area contributed by atoms with Gasteiger partial charge in [0.1, 0.15) is 10.8 Å². The van der Waals surface area contributed by atoms with Crippen LogP contribution in [0.4, 0.5) is 22.7 Å². The Morgan fingerprint density at radius 2 is 1.81 bits per heavy atom. The molecular weight excluding hydrogens is 382 g/mol. The second-order valence-electron chi connectivity index (χ2n) is 5.82. The minimum atomic E-state index is -4.46. The zero-order chi connectivity index (χ0) is 19.4. The van der Waals surface area contributed by atoms with E-state index in [4.69, 9.17) is 0 Å². The fraction of sp³-hybridized carbons (Fsp3) is 0.222. The summed E-state index contributed by atoms with van der Waals surface area (Å²) in [6.07, 6.45) is -5.11. The van der Waals surface area contributed by atoms with Crippen molar-refractivity contribution < 1.29 is 22.7 Å². The second kappa shape index (κ2) is 8.01. The number of hydrogen-bond donors (Lipinski definition) is 2. The first-order chi connectivity index (χ1) is 12.8. The van der Waals surface area contributed by atoms with Gasteiger partial charge in [-0.1, -0.05) is 35.6 Å². The lowest BCUT2D eigenvalue weighted by atomic mass is 10.1. The van der Waals surface area contributed by atoms with Gasteiger partial charge in [0.15, 0.2) is 0 Å². The van der Waals surface area contributed by atoms with E-state index in [0.29, 0.717) is 16.6 Å². The molecule has 27 heavy (non-hydrogen) atoms. The number of nitrogens with one attached hydrogen (secondary N) is 1. The molecule has 0 aliphatic carbocycles. The standard InChI is InChI=1S/C18H15F4N3OS/c19-14-6-4-11(5-7-14)8-16-24-25-17(27-16)23-10-15(26)12-2-1-3-13(9-12)18(20,21)22/h1-7,9,15,26H,8,10H2,(H,23,25). The molecule has 142 valence electrons. The maximum atomic E-state index is 12.9. The SMILES string of the molecule is OC(CNc1nnc(Cc2ccc(F)cc2)s1)c1cccc(C(F)(F)F)c1. The summed E-state index contributed by atoms with van der Waals surface area (Å²) in [6.45, 7) is -0.00745. The van der Waals surface area contributed by atoms with Gasteiger partial charge in [-0.3, -0.25) is 0 Å². The van der Waals surface area contributed by atoms with E-state index >= 15 is 0 Å². The largest absolute Gasteiger partial charge is 0.416 e. The van der Waals surface area contributed by atoms with Gasteiger partial charge in [0.05, 0.1) is 11.7 Å². The van der Waals surface area contributed by atoms with E-state index in [1.54, 1.807) is 12.1 Å². The third kappa shape index (κ3) is 5.24. The second-order valence-corrected chi connectivity index (χ2v) is 6.89. The van der Waals surface area contributed by atoms with Gasteiger partial charge in [-0.2, -0.15) is 13.2 Å². The Morgan fingerprint density at radius 3 is 2.52 bits per heavy atom. The minimum absolute atomic E-state index is 0.00745. The molecule has 0 radical (unpaired) electrons. The molecule has 0 saturated carbocycles. The van der Waals surface area contributed by atoms with Crippen LogP contribution in [0, 0.1) is 5.82 Å². The topological polar surface area (TPSA) is 58.0 Å². The quantitative estimate of drug-likeness (QED) is 0.604. The summed E-state index contributed by atoms with van der Waals surface area (Å²) in [5.41, 5.74) is 0.230. The summed E-state index contributed by atoms with van der Waals surface area (Å²) in [5.74, 6) is -0.318. The Kier molecular flexibility index (Phi) is 5.71. The van der Waals surface area contributed by atoms with Crippen molar-refractivity contribution in [1.29, 1.82) is 0 Å². The molecular formula is C18H15F4N3OS. The van der Waals surface area contributed by atoms with Crippen molar-refractivity contribution in [3.05, 3.63) is 76.0 Å². The number of alkyl halides is 3. The minimum Gasteiger partial charge on any atom is -0.387 e. The Balaban J connectivity index is 1.59. The molecule has 0 aliphatic heterocycles. The molecule has 1 unspecified atom stereocenters. The monoisotopic (exact) mass is 397 g/mol. The number of nitrogens with zero attached hydrogens (tertiary/aromatic N) is 2. The van der Waals surface area contributed by atoms with Crippen molar-refractivity contribution in [3.8, 4) is 0 Å². The first kappa shape index (κ1) is 19.2. The molecule has 0 saturated heterocycles. The average molecular weight is 397 g/mol. The van der Waals surface area contributed by atoms with E-state index < -0.39 is 17.8 Å². The molecule has 9 heteroatoms. The zero-order valence-corrected chi connectivity index (χ0v) is 14.7. The van der Waals surface area contributed by atoms with Crippen LogP contribution in [0.5, 0.6) is 0 Å². The molecule has 2 N–H and O–H groups in total. The van der Waals surface area contributed by atoms with E-state index in [9.17, 15) is 22.7 Å². The molecule has 3 rings (SSSR count). The molecule has 1 atom stereocenters. The smallest absolute Gasteiger partial charge is 0.387 e. The molecule has 0 fully saturated rings. The van der Waals surface area contributed by atoms with Crippen LogP contribution in [-0.4, -0.2) is 21.8 Å². The van der Waals surface area contributed by atoms with Gasteiger partial charge >= 0.3 is 6.18 Å². The Morgan fingerprint density at radius 1 is 1.07 bits per heavy atom. The third-order valence-electron chi connectivity index (χ3n) is 3.78. The van der Waals surface area contributed by atoms with Crippen molar-refractivity contribution in [2.75, 3.05) is 11.9 Å². The normalized spacial score (nSPS) is 12.8. The molecule has 3 aromatic rings. The lowest BCUT2D eigenvalue weighted by Crippen LogP contribution is -2.13. The van der Waals surface area contributed by atoms with Gasteiger partial charge in [0, 0.05) is 13.0 Å². The predicted octanol–water partition coefficient (Wildman–Crippen LogP) is 4.43. The highest BCUT2D eigenvalue weighted by Gasteiger charge is 2.30. The fourth-order valence-electron chi connectivity index (χ4n) is 2.40. The van der Waals surface area contributed by atoms with E-state index in [0.717, 1.165) is 17.7 Å². The highest BCUT2D eigenvalue weighted by atomic mass is 32.1. The summed E-state index contributed by atoms with van der Waals surface area (Å²) in [6, 6.07) is 10.6. The lowest BCUT2D eigenvalue weighted by molar-refractivity contribution is -0.137. The number of aromatic nitrogens is 2. The van der Waals surface area contributed by atoms with Gasteiger partial charge in [-0.25, -0.2) is 4.39 Å². The number of halogens is 4. The van der Waals surface area contributed by atoms with Crippen LogP contribution in [0.15, 0.2) is 48.5 Å². The van der Waals surface area contributed by atoms with Crippen molar-refractivity contribution in [3.63, 3.8) is 0 Å². The molecule has 4 nitrogen and oxygen atoms in total. The number of hydrogen-bond acceptors (Lipinski definition) is 5. The summed E-state index contributed by atoms with van der Waals surface area (Å²) >= 11 is 1.26. The fourth-order valence-corrected chi connectivity index (χ4v) is 3.18. The lowest BCUT2D eigenvalue weighted by Gasteiger charge is -2.14. The summed E-state index contributed by atoms with van der Waals surface area (Å²) < 4.78 is 51.2. The number of rotatable bonds is 6. The number of aliphatic hydroxyl groups is 1. The van der Waals surface area contributed by atoms with Crippen LogP contribution in [-0.2, 0) is 12.6 Å². The highest BCUT2D eigenvalue weighted by molar-refractivity contribution is 7.15. The van der Waals surface area contributed by atoms with Crippen molar-refractivity contribution in [2.45, 2.75) is 18.7 Å². The molecule has 0 aliphatic rings. The van der Waals surface area contributed by atoms with Crippen LogP contribution in [0.3, 0.4) is 0 Å². The zero-order valence-electron chi connectivity index (χ0n) is 13.9. The van der Waals surface area contributed by atoms with E-state index in [1.807, 2.05) is 0 Å². The third-order valence-corrected chi connectivity index (χ3v) is 4.66. The van der Waals surface area contributed by atoms with Crippen LogP contribution in [0.1, 0.15) is 27.8 Å². The van der Waals surface area contributed by atoms with Crippen LogP contribution in [0.2, 0.25) is 0 Å². The van der Waals surface area contributed by atoms with E-state index in [2.05, 4.69) is 15.5 Å². The molecule has 1 aromatic heterocycles. The van der Waals surface area contributed by atoms with Crippen LogP contribution in [0.25, 0.3) is 0 Å². The summed E-state index contributed by atoms with van der Waals surface area (Å²) in [7, 11) is 0. The number of benzene rings is 2. The van der Waals surface area contributed by atoms with E-state index in [1.165, 1.54) is 35.6 Å². The van der Waals surface area contributed by atoms with Crippen molar-refractivity contribution in [2.24, 2.45) is 0 Å². The molecule has 2 aromatic carbocycles. The maximum absolute atomic E-state index is 12.9. The van der Waals surface area contributed by atoms with E-state index in [-0.39, 0.29) is 17.9 Å². The summed E-state index contributed by atoms with van der Waals surface area (Å²) in [4.78, 5) is 0. The van der Waals surface area contributed by atoms with Gasteiger partial charge < -0.3 is 10.4 Å². The average Bonchev–Trinajstić information content (AvgIpc) is 3.08. The first-order valence-corrected chi connectivity index (χ1v) is 8.79. The Hall–Kier alpha value is -2.52. The molecule has 1 heterocycles. The molecule has 0 amide bonds. The molecule has 0 spiro atoms.